The maximum atomic E-state index is 5.02. The fourth-order valence-electron chi connectivity index (χ4n) is 1.19. The lowest BCUT2D eigenvalue weighted by Gasteiger charge is -2.14. The summed E-state index contributed by atoms with van der Waals surface area (Å²) in [5.74, 6) is 0.611. The van der Waals surface area contributed by atoms with Crippen LogP contribution in [0.15, 0.2) is 18.3 Å². The number of pyridine rings is 1. The van der Waals surface area contributed by atoms with E-state index in [9.17, 15) is 0 Å². The second-order valence-electron chi connectivity index (χ2n) is 3.09. The van der Waals surface area contributed by atoms with Crippen LogP contribution in [0.1, 0.15) is 6.92 Å². The highest BCUT2D eigenvalue weighted by Gasteiger charge is 2.01. The molecule has 0 aliphatic rings. The van der Waals surface area contributed by atoms with Gasteiger partial charge in [0, 0.05) is 31.1 Å². The Balaban J connectivity index is 2.57. The minimum Gasteiger partial charge on any atom is -0.481 e. The van der Waals surface area contributed by atoms with E-state index in [0.717, 1.165) is 5.69 Å². The maximum Gasteiger partial charge on any atom is 0.214 e. The molecule has 78 valence electrons. The van der Waals surface area contributed by atoms with E-state index in [-0.39, 0.29) is 6.04 Å². The SMILES string of the molecule is COCC(C)Nc1ccnc(OC)c1. The summed E-state index contributed by atoms with van der Waals surface area (Å²) in [6.45, 7) is 2.72. The molecule has 0 spiro atoms. The molecule has 4 nitrogen and oxygen atoms in total. The van der Waals surface area contributed by atoms with Crippen LogP contribution in [0.5, 0.6) is 5.88 Å². The molecule has 4 heteroatoms. The number of nitrogens with one attached hydrogen (secondary N) is 1. The van der Waals surface area contributed by atoms with Gasteiger partial charge in [-0.25, -0.2) is 4.98 Å². The summed E-state index contributed by atoms with van der Waals surface area (Å²) in [6.07, 6.45) is 1.71. The van der Waals surface area contributed by atoms with Crippen LogP contribution >= 0.6 is 0 Å². The number of ether oxygens (including phenoxy) is 2. The van der Waals surface area contributed by atoms with Crippen LogP contribution in [0.25, 0.3) is 0 Å². The molecule has 1 heterocycles. The Bertz CT molecular complexity index is 279. The minimum atomic E-state index is 0.270. The number of hydrogen-bond acceptors (Lipinski definition) is 4. The van der Waals surface area contributed by atoms with Gasteiger partial charge in [-0.3, -0.25) is 0 Å². The molecule has 0 aliphatic carbocycles. The molecular formula is C10H16N2O2. The number of nitrogens with zero attached hydrogens (tertiary/aromatic N) is 1. The van der Waals surface area contributed by atoms with E-state index in [1.165, 1.54) is 0 Å². The van der Waals surface area contributed by atoms with Gasteiger partial charge < -0.3 is 14.8 Å². The lowest BCUT2D eigenvalue weighted by Crippen LogP contribution is -2.20. The molecule has 0 saturated heterocycles. The molecule has 0 bridgehead atoms. The van der Waals surface area contributed by atoms with Crippen molar-refractivity contribution in [3.8, 4) is 5.88 Å². The normalized spacial score (nSPS) is 12.2. The molecule has 1 aromatic heterocycles. The summed E-state index contributed by atoms with van der Waals surface area (Å²) in [7, 11) is 3.29. The van der Waals surface area contributed by atoms with Crippen molar-refractivity contribution in [2.45, 2.75) is 13.0 Å². The summed E-state index contributed by atoms with van der Waals surface area (Å²) in [5.41, 5.74) is 0.987. The van der Waals surface area contributed by atoms with Gasteiger partial charge in [0.15, 0.2) is 0 Å². The number of hydrogen-bond donors (Lipinski definition) is 1. The number of rotatable bonds is 5. The molecule has 0 saturated carbocycles. The van der Waals surface area contributed by atoms with E-state index >= 15 is 0 Å². The summed E-state index contributed by atoms with van der Waals surface area (Å²) in [6, 6.07) is 4.02. The smallest absolute Gasteiger partial charge is 0.214 e. The largest absolute Gasteiger partial charge is 0.481 e. The van der Waals surface area contributed by atoms with Crippen LogP contribution < -0.4 is 10.1 Å². The summed E-state index contributed by atoms with van der Waals surface area (Å²) in [4.78, 5) is 4.02. The Morgan fingerprint density at radius 2 is 2.29 bits per heavy atom. The highest BCUT2D eigenvalue weighted by molar-refractivity contribution is 5.45. The lowest BCUT2D eigenvalue weighted by atomic mass is 10.3. The first-order chi connectivity index (χ1) is 6.76. The monoisotopic (exact) mass is 196 g/mol. The van der Waals surface area contributed by atoms with E-state index in [2.05, 4.69) is 17.2 Å². The van der Waals surface area contributed by atoms with Gasteiger partial charge in [0.05, 0.1) is 13.7 Å². The molecule has 0 aliphatic heterocycles. The van der Waals surface area contributed by atoms with Crippen molar-refractivity contribution < 1.29 is 9.47 Å². The molecule has 1 aromatic rings. The third kappa shape index (κ3) is 3.22. The average molecular weight is 196 g/mol. The Morgan fingerprint density at radius 3 is 2.93 bits per heavy atom. The van der Waals surface area contributed by atoms with Crippen molar-refractivity contribution in [1.82, 2.24) is 4.98 Å². The first-order valence-electron chi connectivity index (χ1n) is 4.51. The second-order valence-corrected chi connectivity index (χ2v) is 3.09. The van der Waals surface area contributed by atoms with Crippen LogP contribution in [-0.2, 0) is 4.74 Å². The van der Waals surface area contributed by atoms with Crippen molar-refractivity contribution >= 4 is 5.69 Å². The molecule has 1 rings (SSSR count). The Morgan fingerprint density at radius 1 is 1.50 bits per heavy atom. The topological polar surface area (TPSA) is 43.4 Å². The third-order valence-corrected chi connectivity index (χ3v) is 1.77. The molecule has 0 radical (unpaired) electrons. The van der Waals surface area contributed by atoms with Crippen molar-refractivity contribution in [2.24, 2.45) is 0 Å². The Labute approximate surface area is 84.3 Å². The maximum absolute atomic E-state index is 5.02. The van der Waals surface area contributed by atoms with Crippen LogP contribution in [0.3, 0.4) is 0 Å². The van der Waals surface area contributed by atoms with Crippen molar-refractivity contribution in [3.63, 3.8) is 0 Å². The van der Waals surface area contributed by atoms with Gasteiger partial charge in [-0.1, -0.05) is 0 Å². The number of aromatic nitrogens is 1. The number of anilines is 1. The molecule has 14 heavy (non-hydrogen) atoms. The van der Waals surface area contributed by atoms with E-state index in [4.69, 9.17) is 9.47 Å². The van der Waals surface area contributed by atoms with Crippen molar-refractivity contribution in [1.29, 1.82) is 0 Å². The van der Waals surface area contributed by atoms with E-state index < -0.39 is 0 Å². The highest BCUT2D eigenvalue weighted by Crippen LogP contribution is 2.14. The van der Waals surface area contributed by atoms with Crippen molar-refractivity contribution in [2.75, 3.05) is 26.1 Å². The van der Waals surface area contributed by atoms with Crippen LogP contribution in [0, 0.1) is 0 Å². The molecule has 0 fully saturated rings. The second kappa shape index (κ2) is 5.44. The molecule has 0 amide bonds. The Kier molecular flexibility index (Phi) is 4.19. The Hall–Kier alpha value is -1.29. The first kappa shape index (κ1) is 10.8. The van der Waals surface area contributed by atoms with E-state index in [0.29, 0.717) is 12.5 Å². The van der Waals surface area contributed by atoms with Gasteiger partial charge in [0.25, 0.3) is 0 Å². The van der Waals surface area contributed by atoms with E-state index in [1.54, 1.807) is 20.4 Å². The van der Waals surface area contributed by atoms with Crippen LogP contribution in [0.4, 0.5) is 5.69 Å². The summed E-state index contributed by atoms with van der Waals surface area (Å²) < 4.78 is 10.0. The molecule has 1 N–H and O–H groups in total. The van der Waals surface area contributed by atoms with Gasteiger partial charge in [-0.05, 0) is 13.0 Å². The third-order valence-electron chi connectivity index (χ3n) is 1.77. The molecular weight excluding hydrogens is 180 g/mol. The standard InChI is InChI=1S/C10H16N2O2/c1-8(7-13-2)12-9-4-5-11-10(6-9)14-3/h4-6,8H,7H2,1-3H3,(H,11,12). The predicted molar refractivity (Wildman–Crippen MR) is 55.7 cm³/mol. The minimum absolute atomic E-state index is 0.270. The molecule has 1 unspecified atom stereocenters. The fourth-order valence-corrected chi connectivity index (χ4v) is 1.19. The van der Waals surface area contributed by atoms with E-state index in [1.807, 2.05) is 12.1 Å². The van der Waals surface area contributed by atoms with Gasteiger partial charge in [-0.2, -0.15) is 0 Å². The summed E-state index contributed by atoms with van der Waals surface area (Å²) in [5, 5.41) is 3.27. The molecule has 1 atom stereocenters. The average Bonchev–Trinajstić information content (AvgIpc) is 2.18. The van der Waals surface area contributed by atoms with Crippen LogP contribution in [-0.4, -0.2) is 31.9 Å². The lowest BCUT2D eigenvalue weighted by molar-refractivity contribution is 0.190. The highest BCUT2D eigenvalue weighted by atomic mass is 16.5. The quantitative estimate of drug-likeness (QED) is 0.775. The van der Waals surface area contributed by atoms with Gasteiger partial charge in [-0.15, -0.1) is 0 Å². The zero-order valence-electron chi connectivity index (χ0n) is 8.78. The predicted octanol–water partition coefficient (Wildman–Crippen LogP) is 1.54. The number of methoxy groups -OCH3 is 2. The van der Waals surface area contributed by atoms with Gasteiger partial charge in [0.2, 0.25) is 5.88 Å². The van der Waals surface area contributed by atoms with Crippen LogP contribution in [0.2, 0.25) is 0 Å². The van der Waals surface area contributed by atoms with Gasteiger partial charge >= 0.3 is 0 Å². The fraction of sp³-hybridized carbons (Fsp3) is 0.500. The first-order valence-corrected chi connectivity index (χ1v) is 4.51. The zero-order chi connectivity index (χ0) is 10.4. The molecule has 0 aromatic carbocycles. The summed E-state index contributed by atoms with van der Waals surface area (Å²) >= 11 is 0. The van der Waals surface area contributed by atoms with Gasteiger partial charge in [0.1, 0.15) is 0 Å². The zero-order valence-corrected chi connectivity index (χ0v) is 8.78. The van der Waals surface area contributed by atoms with Crippen molar-refractivity contribution in [3.05, 3.63) is 18.3 Å².